The van der Waals surface area contributed by atoms with E-state index in [1.807, 2.05) is 12.1 Å². The first-order chi connectivity index (χ1) is 9.15. The minimum absolute atomic E-state index is 0.187. The van der Waals surface area contributed by atoms with Crippen molar-refractivity contribution in [2.45, 2.75) is 32.6 Å². The summed E-state index contributed by atoms with van der Waals surface area (Å²) in [5.74, 6) is -1.17. The number of aryl methyl sites for hydroxylation is 3. The first kappa shape index (κ1) is 12.0. The predicted molar refractivity (Wildman–Crippen MR) is 67.6 cm³/mol. The highest BCUT2D eigenvalue weighted by atomic mass is 16.4. The third-order valence-corrected chi connectivity index (χ3v) is 3.54. The molecular weight excluding hydrogens is 242 g/mol. The molecule has 1 aromatic heterocycles. The van der Waals surface area contributed by atoms with Gasteiger partial charge in [-0.1, -0.05) is 12.1 Å². The van der Waals surface area contributed by atoms with Crippen LogP contribution in [0.5, 0.6) is 0 Å². The van der Waals surface area contributed by atoms with E-state index in [1.165, 1.54) is 24.0 Å². The number of hydrogen-bond acceptors (Lipinski definition) is 4. The lowest BCUT2D eigenvalue weighted by molar-refractivity contribution is -0.257. The Hall–Kier alpha value is -2.10. The minimum Gasteiger partial charge on any atom is -0.541 e. The molecule has 1 aromatic carbocycles. The Morgan fingerprint density at radius 3 is 2.74 bits per heavy atom. The summed E-state index contributed by atoms with van der Waals surface area (Å²) in [4.78, 5) is 15.2. The van der Waals surface area contributed by atoms with Crippen molar-refractivity contribution in [3.05, 3.63) is 41.0 Å². The van der Waals surface area contributed by atoms with Gasteiger partial charge in [-0.3, -0.25) is 0 Å². The molecule has 0 unspecified atom stereocenters. The third kappa shape index (κ3) is 2.14. The van der Waals surface area contributed by atoms with E-state index in [1.54, 1.807) is 6.92 Å². The predicted octanol–water partition coefficient (Wildman–Crippen LogP) is 1.89. The van der Waals surface area contributed by atoms with Crippen molar-refractivity contribution in [1.82, 2.24) is 4.98 Å². The molecule has 0 bridgehead atoms. The zero-order valence-corrected chi connectivity index (χ0v) is 10.7. The second kappa shape index (κ2) is 4.53. The molecular formula is C15H14NO3-. The molecule has 0 N–H and O–H groups in total. The number of carboxylic acid groups (broad SMARTS) is 1. The number of nitrogens with zero attached hydrogens (tertiary/aromatic N) is 1. The van der Waals surface area contributed by atoms with Gasteiger partial charge in [0.25, 0.3) is 0 Å². The van der Waals surface area contributed by atoms with Crippen molar-refractivity contribution < 1.29 is 14.3 Å². The van der Waals surface area contributed by atoms with Crippen LogP contribution in [-0.4, -0.2) is 11.0 Å². The van der Waals surface area contributed by atoms with Crippen molar-refractivity contribution in [3.63, 3.8) is 0 Å². The largest absolute Gasteiger partial charge is 0.541 e. The molecule has 98 valence electrons. The summed E-state index contributed by atoms with van der Waals surface area (Å²) in [5.41, 5.74) is 3.79. The van der Waals surface area contributed by atoms with E-state index in [2.05, 4.69) is 11.1 Å². The third-order valence-electron chi connectivity index (χ3n) is 3.54. The molecule has 0 spiro atoms. The number of hydrogen-bond donors (Lipinski definition) is 0. The number of carbonyl (C=O) groups is 1. The highest BCUT2D eigenvalue weighted by Gasteiger charge is 2.16. The summed E-state index contributed by atoms with van der Waals surface area (Å²) in [6.07, 6.45) is 4.54. The molecule has 1 heterocycles. The summed E-state index contributed by atoms with van der Waals surface area (Å²) in [5, 5.41) is 11.1. The van der Waals surface area contributed by atoms with Crippen LogP contribution in [-0.2, 0) is 12.8 Å². The Bertz CT molecular complexity index is 643. The van der Waals surface area contributed by atoms with Gasteiger partial charge in [0.15, 0.2) is 11.7 Å². The van der Waals surface area contributed by atoms with E-state index >= 15 is 0 Å². The zero-order chi connectivity index (χ0) is 13.4. The van der Waals surface area contributed by atoms with Crippen LogP contribution in [0.1, 0.15) is 40.4 Å². The summed E-state index contributed by atoms with van der Waals surface area (Å²) in [6, 6.07) is 6.00. The smallest absolute Gasteiger partial charge is 0.192 e. The number of carbonyl (C=O) groups excluding carboxylic acids is 1. The normalized spacial score (nSPS) is 14.2. The molecule has 4 heteroatoms. The van der Waals surface area contributed by atoms with Crippen molar-refractivity contribution in [3.8, 4) is 11.3 Å². The minimum atomic E-state index is -1.33. The number of aromatic carboxylic acids is 1. The number of benzene rings is 1. The molecule has 0 aliphatic heterocycles. The zero-order valence-electron chi connectivity index (χ0n) is 10.7. The second-order valence-electron chi connectivity index (χ2n) is 4.89. The van der Waals surface area contributed by atoms with Crippen molar-refractivity contribution in [2.24, 2.45) is 0 Å². The lowest BCUT2D eigenvalue weighted by Crippen LogP contribution is -2.22. The van der Waals surface area contributed by atoms with E-state index < -0.39 is 5.97 Å². The highest BCUT2D eigenvalue weighted by Crippen LogP contribution is 2.29. The molecule has 3 rings (SSSR count). The van der Waals surface area contributed by atoms with E-state index in [4.69, 9.17) is 4.42 Å². The molecule has 0 saturated carbocycles. The van der Waals surface area contributed by atoms with E-state index in [0.29, 0.717) is 11.6 Å². The lowest BCUT2D eigenvalue weighted by Gasteiger charge is -2.16. The molecule has 0 radical (unpaired) electrons. The first-order valence-corrected chi connectivity index (χ1v) is 6.46. The number of oxazole rings is 1. The Kier molecular flexibility index (Phi) is 2.85. The van der Waals surface area contributed by atoms with Gasteiger partial charge in [0, 0.05) is 12.5 Å². The van der Waals surface area contributed by atoms with Crippen LogP contribution < -0.4 is 5.11 Å². The number of fused-ring (bicyclic) bond motifs is 1. The highest BCUT2D eigenvalue weighted by molar-refractivity contribution is 5.90. The molecule has 1 aliphatic carbocycles. The van der Waals surface area contributed by atoms with E-state index in [9.17, 15) is 9.90 Å². The van der Waals surface area contributed by atoms with Gasteiger partial charge < -0.3 is 14.3 Å². The molecule has 1 aliphatic rings. The van der Waals surface area contributed by atoms with Crippen LogP contribution >= 0.6 is 0 Å². The standard InChI is InChI=1S/C15H15NO3/c1-9-16-13(14(19-9)15(17)18)12-7-6-10-4-2-3-5-11(10)8-12/h6-8H,2-5H2,1H3,(H,17,18)/p-1. The van der Waals surface area contributed by atoms with Crippen LogP contribution in [0.15, 0.2) is 22.6 Å². The maximum absolute atomic E-state index is 11.1. The fraction of sp³-hybridized carbons (Fsp3) is 0.333. The Labute approximate surface area is 111 Å². The van der Waals surface area contributed by atoms with Crippen LogP contribution in [0.25, 0.3) is 11.3 Å². The van der Waals surface area contributed by atoms with Gasteiger partial charge in [-0.05, 0) is 42.9 Å². The van der Waals surface area contributed by atoms with Crippen LogP contribution in [0, 0.1) is 6.92 Å². The average molecular weight is 256 g/mol. The average Bonchev–Trinajstić information content (AvgIpc) is 2.80. The Morgan fingerprint density at radius 1 is 1.26 bits per heavy atom. The van der Waals surface area contributed by atoms with Crippen molar-refractivity contribution in [1.29, 1.82) is 0 Å². The Balaban J connectivity index is 2.09. The number of rotatable bonds is 2. The van der Waals surface area contributed by atoms with Gasteiger partial charge in [0.2, 0.25) is 0 Å². The lowest BCUT2D eigenvalue weighted by atomic mass is 9.90. The van der Waals surface area contributed by atoms with Crippen molar-refractivity contribution in [2.75, 3.05) is 0 Å². The molecule has 0 amide bonds. The van der Waals surface area contributed by atoms with Gasteiger partial charge in [-0.25, -0.2) is 4.98 Å². The van der Waals surface area contributed by atoms with Crippen LogP contribution in [0.2, 0.25) is 0 Å². The van der Waals surface area contributed by atoms with Crippen LogP contribution in [0.4, 0.5) is 0 Å². The van der Waals surface area contributed by atoms with Gasteiger partial charge in [-0.15, -0.1) is 0 Å². The molecule has 0 fully saturated rings. The van der Waals surface area contributed by atoms with Gasteiger partial charge in [-0.2, -0.15) is 0 Å². The molecule has 4 nitrogen and oxygen atoms in total. The summed E-state index contributed by atoms with van der Waals surface area (Å²) >= 11 is 0. The number of aromatic nitrogens is 1. The molecule has 2 aromatic rings. The quantitative estimate of drug-likeness (QED) is 0.823. The maximum atomic E-state index is 11.1. The number of carboxylic acids is 1. The van der Waals surface area contributed by atoms with E-state index in [0.717, 1.165) is 18.4 Å². The maximum Gasteiger partial charge on any atom is 0.192 e. The monoisotopic (exact) mass is 256 g/mol. The van der Waals surface area contributed by atoms with Gasteiger partial charge in [0.05, 0.1) is 0 Å². The van der Waals surface area contributed by atoms with Gasteiger partial charge in [0.1, 0.15) is 11.7 Å². The van der Waals surface area contributed by atoms with E-state index in [-0.39, 0.29) is 5.76 Å². The molecule has 0 atom stereocenters. The molecule has 19 heavy (non-hydrogen) atoms. The fourth-order valence-electron chi connectivity index (χ4n) is 2.64. The topological polar surface area (TPSA) is 66.2 Å². The summed E-state index contributed by atoms with van der Waals surface area (Å²) in [7, 11) is 0. The first-order valence-electron chi connectivity index (χ1n) is 6.46. The summed E-state index contributed by atoms with van der Waals surface area (Å²) in [6.45, 7) is 1.63. The van der Waals surface area contributed by atoms with Crippen LogP contribution in [0.3, 0.4) is 0 Å². The SMILES string of the molecule is Cc1nc(-c2ccc3c(c2)CCCC3)c(C(=O)[O-])o1. The Morgan fingerprint density at radius 2 is 2.00 bits per heavy atom. The fourth-order valence-corrected chi connectivity index (χ4v) is 2.64. The molecule has 0 saturated heterocycles. The van der Waals surface area contributed by atoms with Crippen molar-refractivity contribution >= 4 is 5.97 Å². The summed E-state index contributed by atoms with van der Waals surface area (Å²) < 4.78 is 5.10. The second-order valence-corrected chi connectivity index (χ2v) is 4.89. The van der Waals surface area contributed by atoms with Gasteiger partial charge >= 0.3 is 0 Å².